The average Bonchev–Trinajstić information content (AvgIpc) is 2.48. The summed E-state index contributed by atoms with van der Waals surface area (Å²) < 4.78 is 25.1. The van der Waals surface area contributed by atoms with Crippen molar-refractivity contribution in [3.05, 3.63) is 16.1 Å². The van der Waals surface area contributed by atoms with E-state index >= 15 is 0 Å². The Kier molecular flexibility index (Phi) is 4.03. The van der Waals surface area contributed by atoms with E-state index in [-0.39, 0.29) is 5.75 Å². The molecule has 1 aromatic heterocycles. The molecule has 0 bridgehead atoms. The van der Waals surface area contributed by atoms with Gasteiger partial charge in [-0.15, -0.1) is 11.3 Å². The summed E-state index contributed by atoms with van der Waals surface area (Å²) in [6, 6.07) is 0. The van der Waals surface area contributed by atoms with Gasteiger partial charge < -0.3 is 0 Å². The SMILES string of the molecule is CCCS(=O)(=O)NCc1cnc(C)s1. The predicted octanol–water partition coefficient (Wildman–Crippen LogP) is 1.28. The van der Waals surface area contributed by atoms with Crippen LogP contribution in [-0.2, 0) is 16.6 Å². The van der Waals surface area contributed by atoms with Crippen LogP contribution >= 0.6 is 11.3 Å². The molecule has 6 heteroatoms. The summed E-state index contributed by atoms with van der Waals surface area (Å²) >= 11 is 1.51. The molecule has 4 nitrogen and oxygen atoms in total. The largest absolute Gasteiger partial charge is 0.250 e. The first kappa shape index (κ1) is 11.6. The fourth-order valence-electron chi connectivity index (χ4n) is 1.01. The van der Waals surface area contributed by atoms with Crippen LogP contribution in [0.2, 0.25) is 0 Å². The highest BCUT2D eigenvalue weighted by molar-refractivity contribution is 7.89. The molecule has 0 saturated carbocycles. The van der Waals surface area contributed by atoms with Crippen LogP contribution in [0, 0.1) is 6.92 Å². The molecule has 0 aliphatic carbocycles. The maximum absolute atomic E-state index is 11.3. The van der Waals surface area contributed by atoms with Gasteiger partial charge in [0.15, 0.2) is 0 Å². The molecule has 1 aromatic rings. The zero-order chi connectivity index (χ0) is 10.6. The Hall–Kier alpha value is -0.460. The summed E-state index contributed by atoms with van der Waals surface area (Å²) in [5.41, 5.74) is 0. The molecule has 80 valence electrons. The van der Waals surface area contributed by atoms with Gasteiger partial charge in [0.25, 0.3) is 0 Å². The predicted molar refractivity (Wildman–Crippen MR) is 57.8 cm³/mol. The third kappa shape index (κ3) is 3.73. The van der Waals surface area contributed by atoms with E-state index in [9.17, 15) is 8.42 Å². The number of hydrogen-bond acceptors (Lipinski definition) is 4. The van der Waals surface area contributed by atoms with E-state index in [1.54, 1.807) is 6.20 Å². The molecule has 0 spiro atoms. The molecule has 0 aromatic carbocycles. The zero-order valence-corrected chi connectivity index (χ0v) is 9.91. The van der Waals surface area contributed by atoms with Crippen LogP contribution in [-0.4, -0.2) is 19.2 Å². The molecule has 0 amide bonds. The van der Waals surface area contributed by atoms with Crippen LogP contribution in [0.3, 0.4) is 0 Å². The van der Waals surface area contributed by atoms with Gasteiger partial charge in [-0.2, -0.15) is 0 Å². The lowest BCUT2D eigenvalue weighted by Crippen LogP contribution is -2.25. The standard InChI is InChI=1S/C8H14N2O2S2/c1-3-4-14(11,12)10-6-8-5-9-7(2)13-8/h5,10H,3-4,6H2,1-2H3. The van der Waals surface area contributed by atoms with Crippen LogP contribution in [0.25, 0.3) is 0 Å². The first-order valence-corrected chi connectivity index (χ1v) is 6.89. The van der Waals surface area contributed by atoms with Crippen molar-refractivity contribution in [1.82, 2.24) is 9.71 Å². The summed E-state index contributed by atoms with van der Waals surface area (Å²) in [6.07, 6.45) is 2.34. The molecular formula is C8H14N2O2S2. The Labute approximate surface area is 88.4 Å². The molecule has 0 unspecified atom stereocenters. The number of sulfonamides is 1. The van der Waals surface area contributed by atoms with E-state index in [1.165, 1.54) is 11.3 Å². The van der Waals surface area contributed by atoms with E-state index in [4.69, 9.17) is 0 Å². The number of nitrogens with one attached hydrogen (secondary N) is 1. The van der Waals surface area contributed by atoms with Gasteiger partial charge in [0.2, 0.25) is 10.0 Å². The van der Waals surface area contributed by atoms with Gasteiger partial charge in [0.05, 0.1) is 10.8 Å². The monoisotopic (exact) mass is 234 g/mol. The Morgan fingerprint density at radius 1 is 1.57 bits per heavy atom. The first-order chi connectivity index (χ1) is 6.53. The smallest absolute Gasteiger partial charge is 0.211 e. The molecular weight excluding hydrogens is 220 g/mol. The molecule has 0 saturated heterocycles. The third-order valence-electron chi connectivity index (χ3n) is 1.61. The molecule has 0 fully saturated rings. The lowest BCUT2D eigenvalue weighted by Gasteiger charge is -2.02. The van der Waals surface area contributed by atoms with E-state index in [0.717, 1.165) is 9.88 Å². The Balaban J connectivity index is 2.48. The van der Waals surface area contributed by atoms with Crippen molar-refractivity contribution in [3.63, 3.8) is 0 Å². The number of aryl methyl sites for hydroxylation is 1. The highest BCUT2D eigenvalue weighted by Crippen LogP contribution is 2.11. The van der Waals surface area contributed by atoms with E-state index in [0.29, 0.717) is 13.0 Å². The molecule has 0 aliphatic heterocycles. The molecule has 14 heavy (non-hydrogen) atoms. The van der Waals surface area contributed by atoms with Crippen molar-refractivity contribution in [2.75, 3.05) is 5.75 Å². The topological polar surface area (TPSA) is 59.1 Å². The quantitative estimate of drug-likeness (QED) is 0.835. The summed E-state index contributed by atoms with van der Waals surface area (Å²) in [6.45, 7) is 4.10. The molecule has 0 radical (unpaired) electrons. The number of thiazole rings is 1. The summed E-state index contributed by atoms with van der Waals surface area (Å²) in [7, 11) is -3.09. The molecule has 0 atom stereocenters. The van der Waals surface area contributed by atoms with Crippen LogP contribution in [0.1, 0.15) is 23.2 Å². The van der Waals surface area contributed by atoms with Crippen LogP contribution in [0.15, 0.2) is 6.20 Å². The van der Waals surface area contributed by atoms with Gasteiger partial charge in [-0.05, 0) is 13.3 Å². The van der Waals surface area contributed by atoms with Crippen molar-refractivity contribution < 1.29 is 8.42 Å². The van der Waals surface area contributed by atoms with E-state index in [2.05, 4.69) is 9.71 Å². The highest BCUT2D eigenvalue weighted by Gasteiger charge is 2.08. The summed E-state index contributed by atoms with van der Waals surface area (Å²) in [4.78, 5) is 4.99. The minimum atomic E-state index is -3.09. The number of nitrogens with zero attached hydrogens (tertiary/aromatic N) is 1. The number of hydrogen-bond donors (Lipinski definition) is 1. The third-order valence-corrected chi connectivity index (χ3v) is 4.05. The molecule has 1 N–H and O–H groups in total. The maximum Gasteiger partial charge on any atom is 0.211 e. The van der Waals surface area contributed by atoms with Crippen LogP contribution in [0.4, 0.5) is 0 Å². The fourth-order valence-corrected chi connectivity index (χ4v) is 2.89. The molecule has 1 heterocycles. The maximum atomic E-state index is 11.3. The molecule has 0 aliphatic rings. The second-order valence-corrected chi connectivity index (χ2v) is 6.23. The van der Waals surface area contributed by atoms with Gasteiger partial charge in [0, 0.05) is 17.6 Å². The highest BCUT2D eigenvalue weighted by atomic mass is 32.2. The van der Waals surface area contributed by atoms with Gasteiger partial charge in [-0.3, -0.25) is 0 Å². The Bertz CT molecular complexity index is 384. The van der Waals surface area contributed by atoms with Crippen molar-refractivity contribution >= 4 is 21.4 Å². The van der Waals surface area contributed by atoms with Gasteiger partial charge in [-0.1, -0.05) is 6.92 Å². The van der Waals surface area contributed by atoms with Crippen molar-refractivity contribution in [3.8, 4) is 0 Å². The van der Waals surface area contributed by atoms with Crippen molar-refractivity contribution in [1.29, 1.82) is 0 Å². The lowest BCUT2D eigenvalue weighted by atomic mass is 10.6. The van der Waals surface area contributed by atoms with Gasteiger partial charge >= 0.3 is 0 Å². The Morgan fingerprint density at radius 3 is 2.79 bits per heavy atom. The van der Waals surface area contributed by atoms with Crippen molar-refractivity contribution in [2.24, 2.45) is 0 Å². The fraction of sp³-hybridized carbons (Fsp3) is 0.625. The van der Waals surface area contributed by atoms with E-state index < -0.39 is 10.0 Å². The second kappa shape index (κ2) is 4.86. The first-order valence-electron chi connectivity index (χ1n) is 4.42. The van der Waals surface area contributed by atoms with Crippen LogP contribution in [0.5, 0.6) is 0 Å². The van der Waals surface area contributed by atoms with E-state index in [1.807, 2.05) is 13.8 Å². The van der Waals surface area contributed by atoms with Crippen LogP contribution < -0.4 is 4.72 Å². The normalized spacial score (nSPS) is 11.9. The minimum Gasteiger partial charge on any atom is -0.250 e. The number of rotatable bonds is 5. The zero-order valence-electron chi connectivity index (χ0n) is 8.28. The minimum absolute atomic E-state index is 0.185. The summed E-state index contributed by atoms with van der Waals surface area (Å²) in [5, 5.41) is 0.953. The Morgan fingerprint density at radius 2 is 2.29 bits per heavy atom. The summed E-state index contributed by atoms with van der Waals surface area (Å²) in [5.74, 6) is 0.185. The van der Waals surface area contributed by atoms with Crippen molar-refractivity contribution in [2.45, 2.75) is 26.8 Å². The van der Waals surface area contributed by atoms with Gasteiger partial charge in [-0.25, -0.2) is 18.1 Å². The lowest BCUT2D eigenvalue weighted by molar-refractivity contribution is 0.580. The second-order valence-electron chi connectivity index (χ2n) is 2.99. The van der Waals surface area contributed by atoms with Gasteiger partial charge in [0.1, 0.15) is 0 Å². The number of aromatic nitrogens is 1. The average molecular weight is 234 g/mol. The molecule has 1 rings (SSSR count).